The van der Waals surface area contributed by atoms with Gasteiger partial charge in [0.05, 0.1) is 6.10 Å². The number of anilines is 1. The van der Waals surface area contributed by atoms with Crippen molar-refractivity contribution in [2.45, 2.75) is 38.8 Å². The summed E-state index contributed by atoms with van der Waals surface area (Å²) in [7, 11) is 2.04. The van der Waals surface area contributed by atoms with Crippen molar-refractivity contribution in [3.8, 4) is 0 Å². The largest absolute Gasteiger partial charge is 0.393 e. The fourth-order valence-electron chi connectivity index (χ4n) is 1.72. The van der Waals surface area contributed by atoms with Crippen molar-refractivity contribution in [2.75, 3.05) is 18.5 Å². The van der Waals surface area contributed by atoms with Crippen molar-refractivity contribution < 1.29 is 5.11 Å². The summed E-state index contributed by atoms with van der Waals surface area (Å²) in [5, 5.41) is 9.25. The lowest BCUT2D eigenvalue weighted by Gasteiger charge is -2.21. The fourth-order valence-corrected chi connectivity index (χ4v) is 1.72. The zero-order chi connectivity index (χ0) is 12.8. The zero-order valence-electron chi connectivity index (χ0n) is 11.1. The second kappa shape index (κ2) is 6.62. The summed E-state index contributed by atoms with van der Waals surface area (Å²) in [6.45, 7) is 4.77. The summed E-state index contributed by atoms with van der Waals surface area (Å²) < 4.78 is 0. The minimum absolute atomic E-state index is 0.131. The Hall–Kier alpha value is -1.06. The maximum absolute atomic E-state index is 9.25. The molecule has 0 fully saturated rings. The molecule has 0 saturated carbocycles. The van der Waals surface area contributed by atoms with Gasteiger partial charge >= 0.3 is 0 Å². The van der Waals surface area contributed by atoms with Gasteiger partial charge in [-0.1, -0.05) is 19.1 Å². The van der Waals surface area contributed by atoms with Crippen LogP contribution in [0.25, 0.3) is 0 Å². The Bertz CT molecular complexity index is 321. The smallest absolute Gasteiger partial charge is 0.0528 e. The molecular formula is C14H24N2O. The first-order valence-electron chi connectivity index (χ1n) is 6.29. The average Bonchev–Trinajstić information content (AvgIpc) is 2.35. The zero-order valence-corrected chi connectivity index (χ0v) is 11.1. The van der Waals surface area contributed by atoms with Crippen molar-refractivity contribution in [1.29, 1.82) is 0 Å². The summed E-state index contributed by atoms with van der Waals surface area (Å²) in [5.41, 5.74) is 8.32. The standard InChI is InChI=1S/C14H24N2O/c1-4-14(15)12-5-7-13(8-6-12)16(3)10-9-11(2)17/h5-8,11,14,17H,4,9-10,15H2,1-3H3/t11?,14-/m1/s1. The second-order valence-corrected chi connectivity index (χ2v) is 4.67. The Balaban J connectivity index is 2.60. The van der Waals surface area contributed by atoms with E-state index in [-0.39, 0.29) is 12.1 Å². The van der Waals surface area contributed by atoms with Gasteiger partial charge in [0, 0.05) is 25.3 Å². The van der Waals surface area contributed by atoms with Crippen molar-refractivity contribution in [3.05, 3.63) is 29.8 Å². The van der Waals surface area contributed by atoms with Crippen LogP contribution in [0, 0.1) is 0 Å². The van der Waals surface area contributed by atoms with Crippen LogP contribution in [0.5, 0.6) is 0 Å². The Morgan fingerprint density at radius 2 is 1.88 bits per heavy atom. The van der Waals surface area contributed by atoms with Gasteiger partial charge in [-0.3, -0.25) is 0 Å². The van der Waals surface area contributed by atoms with Crippen molar-refractivity contribution in [3.63, 3.8) is 0 Å². The van der Waals surface area contributed by atoms with Gasteiger partial charge in [0.2, 0.25) is 0 Å². The molecule has 2 atom stereocenters. The molecule has 0 heterocycles. The average molecular weight is 236 g/mol. The molecule has 3 N–H and O–H groups in total. The molecule has 1 aromatic carbocycles. The van der Waals surface area contributed by atoms with E-state index >= 15 is 0 Å². The lowest BCUT2D eigenvalue weighted by atomic mass is 10.1. The van der Waals surface area contributed by atoms with Crippen molar-refractivity contribution in [2.24, 2.45) is 5.73 Å². The molecule has 0 aliphatic heterocycles. The maximum atomic E-state index is 9.25. The monoisotopic (exact) mass is 236 g/mol. The third-order valence-electron chi connectivity index (χ3n) is 3.08. The predicted octanol–water partition coefficient (Wildman–Crippen LogP) is 2.30. The number of benzene rings is 1. The minimum Gasteiger partial charge on any atom is -0.393 e. The van der Waals surface area contributed by atoms with E-state index in [2.05, 4.69) is 36.1 Å². The van der Waals surface area contributed by atoms with Gasteiger partial charge in [-0.05, 0) is 37.5 Å². The highest BCUT2D eigenvalue weighted by molar-refractivity contribution is 5.47. The van der Waals surface area contributed by atoms with Gasteiger partial charge in [-0.2, -0.15) is 0 Å². The Labute approximate surface area is 104 Å². The Morgan fingerprint density at radius 3 is 2.35 bits per heavy atom. The molecule has 0 amide bonds. The van der Waals surface area contributed by atoms with Gasteiger partial charge in [-0.25, -0.2) is 0 Å². The first-order valence-corrected chi connectivity index (χ1v) is 6.29. The van der Waals surface area contributed by atoms with Crippen molar-refractivity contribution >= 4 is 5.69 Å². The van der Waals surface area contributed by atoms with E-state index in [0.717, 1.165) is 25.1 Å². The van der Waals surface area contributed by atoms with E-state index in [0.29, 0.717) is 0 Å². The van der Waals surface area contributed by atoms with E-state index in [4.69, 9.17) is 5.73 Å². The summed E-state index contributed by atoms with van der Waals surface area (Å²) in [6, 6.07) is 8.48. The van der Waals surface area contributed by atoms with Gasteiger partial charge in [0.25, 0.3) is 0 Å². The number of aliphatic hydroxyl groups is 1. The molecule has 1 rings (SSSR count). The maximum Gasteiger partial charge on any atom is 0.0528 e. The molecule has 0 spiro atoms. The summed E-state index contributed by atoms with van der Waals surface area (Å²) >= 11 is 0. The molecule has 3 nitrogen and oxygen atoms in total. The molecule has 1 aromatic rings. The van der Waals surface area contributed by atoms with E-state index in [1.807, 2.05) is 14.0 Å². The number of rotatable bonds is 6. The van der Waals surface area contributed by atoms with Crippen LogP contribution in [0.4, 0.5) is 5.69 Å². The first-order chi connectivity index (χ1) is 8.04. The van der Waals surface area contributed by atoms with E-state index in [9.17, 15) is 5.11 Å². The van der Waals surface area contributed by atoms with Crippen LogP contribution in [0.1, 0.15) is 38.3 Å². The lowest BCUT2D eigenvalue weighted by Crippen LogP contribution is -2.21. The third-order valence-corrected chi connectivity index (χ3v) is 3.08. The first kappa shape index (κ1) is 14.0. The number of hydrogen-bond acceptors (Lipinski definition) is 3. The second-order valence-electron chi connectivity index (χ2n) is 4.67. The molecular weight excluding hydrogens is 212 g/mol. The van der Waals surface area contributed by atoms with Crippen LogP contribution in [0.2, 0.25) is 0 Å². The molecule has 0 saturated heterocycles. The summed E-state index contributed by atoms with van der Waals surface area (Å²) in [6.07, 6.45) is 1.49. The van der Waals surface area contributed by atoms with E-state index in [1.54, 1.807) is 0 Å². The van der Waals surface area contributed by atoms with Crippen LogP contribution < -0.4 is 10.6 Å². The molecule has 0 aromatic heterocycles. The van der Waals surface area contributed by atoms with E-state index in [1.165, 1.54) is 5.56 Å². The Morgan fingerprint density at radius 1 is 1.29 bits per heavy atom. The quantitative estimate of drug-likeness (QED) is 0.797. The molecule has 3 heteroatoms. The highest BCUT2D eigenvalue weighted by Crippen LogP contribution is 2.19. The molecule has 0 bridgehead atoms. The highest BCUT2D eigenvalue weighted by atomic mass is 16.3. The van der Waals surface area contributed by atoms with Crippen LogP contribution in [-0.2, 0) is 0 Å². The van der Waals surface area contributed by atoms with Crippen LogP contribution in [0.3, 0.4) is 0 Å². The Kier molecular flexibility index (Phi) is 5.45. The van der Waals surface area contributed by atoms with Crippen LogP contribution in [0.15, 0.2) is 24.3 Å². The molecule has 0 radical (unpaired) electrons. The number of nitrogens with zero attached hydrogens (tertiary/aromatic N) is 1. The fraction of sp³-hybridized carbons (Fsp3) is 0.571. The molecule has 0 aliphatic carbocycles. The molecule has 1 unspecified atom stereocenters. The van der Waals surface area contributed by atoms with Gasteiger partial charge < -0.3 is 15.7 Å². The van der Waals surface area contributed by atoms with Gasteiger partial charge in [0.15, 0.2) is 0 Å². The molecule has 17 heavy (non-hydrogen) atoms. The highest BCUT2D eigenvalue weighted by Gasteiger charge is 2.05. The number of aliphatic hydroxyl groups excluding tert-OH is 1. The SMILES string of the molecule is CC[C@@H](N)c1ccc(N(C)CCC(C)O)cc1. The third kappa shape index (κ3) is 4.36. The normalized spacial score (nSPS) is 14.4. The lowest BCUT2D eigenvalue weighted by molar-refractivity contribution is 0.187. The minimum atomic E-state index is -0.245. The van der Waals surface area contributed by atoms with Crippen LogP contribution >= 0.6 is 0 Å². The molecule has 0 aliphatic rings. The molecule has 96 valence electrons. The summed E-state index contributed by atoms with van der Waals surface area (Å²) in [4.78, 5) is 2.15. The number of nitrogens with two attached hydrogens (primary N) is 1. The van der Waals surface area contributed by atoms with E-state index < -0.39 is 0 Å². The summed E-state index contributed by atoms with van der Waals surface area (Å²) in [5.74, 6) is 0. The number of hydrogen-bond donors (Lipinski definition) is 2. The van der Waals surface area contributed by atoms with Crippen molar-refractivity contribution in [1.82, 2.24) is 0 Å². The topological polar surface area (TPSA) is 49.5 Å². The van der Waals surface area contributed by atoms with Gasteiger partial charge in [-0.15, -0.1) is 0 Å². The predicted molar refractivity (Wildman–Crippen MR) is 73.2 cm³/mol. The van der Waals surface area contributed by atoms with Gasteiger partial charge in [0.1, 0.15) is 0 Å². The van der Waals surface area contributed by atoms with Crippen LogP contribution in [-0.4, -0.2) is 24.8 Å².